The Morgan fingerprint density at radius 2 is 0.496 bits per heavy atom. The summed E-state index contributed by atoms with van der Waals surface area (Å²) < 4.78 is 45.8. The summed E-state index contributed by atoms with van der Waals surface area (Å²) in [5, 5.41) is 0. The molecule has 0 rings (SSSR count). The lowest BCUT2D eigenvalue weighted by atomic mass is 9.79. The van der Waals surface area contributed by atoms with Gasteiger partial charge in [0.2, 0.25) is 0 Å². The number of unbranched alkanes of at least 4 members (excludes halogenated alkanes) is 4. The molecule has 28 nitrogen and oxygen atoms in total. The normalized spacial score (nSPS) is 11.1. The highest BCUT2D eigenvalue weighted by Gasteiger charge is 2.40. The number of halogens is 3. The number of ether oxygens (including phenoxy) is 2. The molecule has 31 heteroatoms. The average Bonchev–Trinajstić information content (AvgIpc) is 0.851. The van der Waals surface area contributed by atoms with E-state index in [0.29, 0.717) is 88.9 Å². The van der Waals surface area contributed by atoms with Crippen molar-refractivity contribution in [3.8, 4) is 0 Å². The van der Waals surface area contributed by atoms with Crippen molar-refractivity contribution in [2.45, 2.75) is 362 Å². The SMILES string of the molecule is CC(CCN)CCN.CCCC(C)(CN)CN.CCCC(C)(CN)CN.CCCC(CC)(CN)CN.CCCC(CCN)CCN.CCCC(CN)(CN)CC(F)(F)F.CCCC(CN)(CN)CCC.CCCC(CN)(CN)CCC.CCCC(CN)CN.CCCCC(CN)CN.CCCCCN.CCCCN.CCCN.COCCC(CN)CN.COCCN. The van der Waals surface area contributed by atoms with Crippen LogP contribution < -0.4 is 149 Å². The fourth-order valence-corrected chi connectivity index (χ4v) is 12.8. The van der Waals surface area contributed by atoms with E-state index in [1.165, 1.54) is 148 Å². The Balaban J connectivity index is -0.0000000820. The molecule has 0 aliphatic rings. The highest BCUT2D eigenvalue weighted by molar-refractivity contribution is 4.85. The predicted molar refractivity (Wildman–Crippen MR) is 566 cm³/mol. The molecule has 0 aromatic heterocycles. The van der Waals surface area contributed by atoms with E-state index in [0.717, 1.165) is 188 Å². The molecule has 0 atom stereocenters. The molecule has 0 amide bonds. The van der Waals surface area contributed by atoms with E-state index in [1.54, 1.807) is 14.2 Å². The van der Waals surface area contributed by atoms with Crippen LogP contribution in [0.1, 0.15) is 356 Å². The summed E-state index contributed by atoms with van der Waals surface area (Å²) in [5.74, 6) is 3.04. The van der Waals surface area contributed by atoms with E-state index >= 15 is 0 Å². The Morgan fingerprint density at radius 1 is 0.228 bits per heavy atom. The number of hydrogen-bond acceptors (Lipinski definition) is 28. The Hall–Kier alpha value is -1.33. The van der Waals surface area contributed by atoms with Crippen LogP contribution in [0, 0.1) is 62.1 Å². The van der Waals surface area contributed by atoms with Gasteiger partial charge < -0.3 is 159 Å². The second kappa shape index (κ2) is 129. The molecule has 0 saturated carbocycles. The van der Waals surface area contributed by atoms with Gasteiger partial charge in [-0.3, -0.25) is 0 Å². The Morgan fingerprint density at radius 3 is 0.654 bits per heavy atom. The first kappa shape index (κ1) is 159. The molecule has 0 aromatic carbocycles. The van der Waals surface area contributed by atoms with E-state index in [9.17, 15) is 13.2 Å². The van der Waals surface area contributed by atoms with Crippen LogP contribution in [0.4, 0.5) is 13.2 Å². The van der Waals surface area contributed by atoms with Gasteiger partial charge in [-0.25, -0.2) is 0 Å². The number of alkyl halides is 3. The minimum Gasteiger partial charge on any atom is -0.385 e. The zero-order chi connectivity index (χ0) is 102. The van der Waals surface area contributed by atoms with Gasteiger partial charge in [-0.15, -0.1) is 0 Å². The van der Waals surface area contributed by atoms with Crippen LogP contribution in [0.5, 0.6) is 0 Å². The first-order valence-corrected chi connectivity index (χ1v) is 50.6. The molecule has 0 saturated heterocycles. The smallest absolute Gasteiger partial charge is 0.385 e. The van der Waals surface area contributed by atoms with Crippen LogP contribution in [0.15, 0.2) is 0 Å². The van der Waals surface area contributed by atoms with Crippen molar-refractivity contribution < 1.29 is 22.6 Å². The van der Waals surface area contributed by atoms with Crippen molar-refractivity contribution in [3.05, 3.63) is 0 Å². The fraction of sp³-hybridized carbons (Fsp3) is 1.00. The summed E-state index contributed by atoms with van der Waals surface area (Å²) in [6.07, 6.45) is 34.9. The molecule has 0 heterocycles. The maximum atomic E-state index is 12.1. The lowest BCUT2D eigenvalue weighted by Gasteiger charge is -2.31. The highest BCUT2D eigenvalue weighted by atomic mass is 19.4. The number of hydrogen-bond donors (Lipinski definition) is 26. The Labute approximate surface area is 789 Å². The number of nitrogens with two attached hydrogens (primary N) is 26. The second-order valence-corrected chi connectivity index (χ2v) is 35.2. The molecular formula is C96H245F3N26O2. The molecular weight excluding hydrogens is 1610 g/mol. The average molecular weight is 1850 g/mol. The Bertz CT molecular complexity index is 1660. The van der Waals surface area contributed by atoms with Gasteiger partial charge in [-0.2, -0.15) is 13.2 Å². The predicted octanol–water partition coefficient (Wildman–Crippen LogP) is 11.0. The molecule has 0 fully saturated rings. The van der Waals surface area contributed by atoms with E-state index in [1.807, 2.05) is 6.92 Å². The van der Waals surface area contributed by atoms with E-state index in [4.69, 9.17) is 154 Å². The van der Waals surface area contributed by atoms with Crippen molar-refractivity contribution in [2.24, 2.45) is 211 Å². The quantitative estimate of drug-likeness (QED) is 0.0252. The van der Waals surface area contributed by atoms with Crippen LogP contribution in [0.2, 0.25) is 0 Å². The maximum absolute atomic E-state index is 12.1. The zero-order valence-corrected chi connectivity index (χ0v) is 88.6. The summed E-state index contributed by atoms with van der Waals surface area (Å²) in [4.78, 5) is 0. The van der Waals surface area contributed by atoms with Crippen LogP contribution in [-0.2, 0) is 9.47 Å². The summed E-state index contributed by atoms with van der Waals surface area (Å²) in [7, 11) is 3.32. The lowest BCUT2D eigenvalue weighted by Crippen LogP contribution is -2.41. The highest BCUT2D eigenvalue weighted by Crippen LogP contribution is 2.36. The molecule has 52 N–H and O–H groups in total. The van der Waals surface area contributed by atoms with Crippen molar-refractivity contribution in [1.29, 1.82) is 0 Å². The monoisotopic (exact) mass is 1850 g/mol. The third-order valence-corrected chi connectivity index (χ3v) is 22.7. The third-order valence-electron chi connectivity index (χ3n) is 22.7. The van der Waals surface area contributed by atoms with Gasteiger partial charge in [0.1, 0.15) is 0 Å². The fourth-order valence-electron chi connectivity index (χ4n) is 12.8. The van der Waals surface area contributed by atoms with Gasteiger partial charge in [0.25, 0.3) is 0 Å². The van der Waals surface area contributed by atoms with Gasteiger partial charge in [-0.05, 0) is 342 Å². The first-order chi connectivity index (χ1) is 60.3. The molecule has 0 aliphatic heterocycles. The summed E-state index contributed by atoms with van der Waals surface area (Å²) in [6, 6.07) is 0. The molecule has 0 radical (unpaired) electrons. The second-order valence-electron chi connectivity index (χ2n) is 35.2. The molecule has 0 unspecified atom stereocenters. The van der Waals surface area contributed by atoms with Gasteiger partial charge >= 0.3 is 6.18 Å². The first-order valence-electron chi connectivity index (χ1n) is 50.6. The van der Waals surface area contributed by atoms with Crippen LogP contribution in [0.3, 0.4) is 0 Å². The minimum atomic E-state index is -4.17. The lowest BCUT2D eigenvalue weighted by molar-refractivity contribution is -0.157. The summed E-state index contributed by atoms with van der Waals surface area (Å²) in [5.41, 5.74) is 141. The molecule has 0 bridgehead atoms. The topological polar surface area (TPSA) is 695 Å². The largest absolute Gasteiger partial charge is 0.389 e. The van der Waals surface area contributed by atoms with Crippen LogP contribution in [-0.4, -0.2) is 204 Å². The third kappa shape index (κ3) is 127. The minimum absolute atomic E-state index is 0.00313. The van der Waals surface area contributed by atoms with Crippen LogP contribution >= 0.6 is 0 Å². The maximum Gasteiger partial charge on any atom is 0.389 e. The van der Waals surface area contributed by atoms with Crippen molar-refractivity contribution in [3.63, 3.8) is 0 Å². The van der Waals surface area contributed by atoms with Crippen molar-refractivity contribution in [1.82, 2.24) is 0 Å². The standard InChI is InChI=1S/2C9H22N2.C8H17F3N2.2C8H20N2.3C7H18N2.C6H16N2O.2C6H16N2.C5H13N.C4H11N.C3H9NO.C3H9N/c2*1-3-5-9(7-10,8-11)6-4-2;1-2-3-7(5-12,6-13)4-8(9,10)11;1-3-5-8(4-2,6-9)7-10;1-2-3-8(4-6-9)5-7-10;2*1-3-4-7(2,5-8)6-9;1-2-3-4-7(5-8)6-9;1-9-3-2-6(4-7)5-8;1-6(2-4-7)3-5-8;1-2-3-6(4-7)5-8;1-2-3-4-5-6;1-2-3-4-5;1-5-3-2-4;1-2-3-4/h2*3-8,10-11H2,1-2H3;2-6,12-13H2,1H3;3-7,9-10H2,1-2H3;8H,2-7,9-10H2,1H3;2*3-6,8-9H2,1-2H3;7H,2-6,8-9H2,1H3;6H,2-5,7-8H2,1H3;2*6H,2-5,7-8H2,1H3;2-6H2,1H3;2-5H2,1H3;2-4H2,1H3;2-4H2,1H3. The molecule has 792 valence electrons. The van der Waals surface area contributed by atoms with E-state index < -0.39 is 18.0 Å². The molecule has 127 heavy (non-hydrogen) atoms. The molecule has 0 aromatic rings. The van der Waals surface area contributed by atoms with Gasteiger partial charge in [0.15, 0.2) is 0 Å². The van der Waals surface area contributed by atoms with Gasteiger partial charge in [-0.1, -0.05) is 227 Å². The Kier molecular flexibility index (Phi) is 162. The van der Waals surface area contributed by atoms with Gasteiger partial charge in [0.05, 0.1) is 13.0 Å². The van der Waals surface area contributed by atoms with Gasteiger partial charge in [0, 0.05) is 32.8 Å². The van der Waals surface area contributed by atoms with Crippen molar-refractivity contribution in [2.75, 3.05) is 198 Å². The number of methoxy groups -OCH3 is 2. The van der Waals surface area contributed by atoms with E-state index in [2.05, 4.69) is 122 Å². The zero-order valence-electron chi connectivity index (χ0n) is 88.6. The van der Waals surface area contributed by atoms with Crippen LogP contribution in [0.25, 0.3) is 0 Å². The summed E-state index contributed by atoms with van der Waals surface area (Å²) in [6.45, 7) is 57.9. The van der Waals surface area contributed by atoms with Crippen molar-refractivity contribution >= 4 is 0 Å². The molecule has 0 aliphatic carbocycles. The number of rotatable bonds is 62. The molecule has 0 spiro atoms. The van der Waals surface area contributed by atoms with E-state index in [-0.39, 0.29) is 40.2 Å². The summed E-state index contributed by atoms with van der Waals surface area (Å²) >= 11 is 0.